The minimum atomic E-state index is -0.381. The van der Waals surface area contributed by atoms with Crippen molar-refractivity contribution in [3.05, 3.63) is 59.9 Å². The van der Waals surface area contributed by atoms with Gasteiger partial charge in [0.1, 0.15) is 11.6 Å². The number of carbonyl (C=O) groups is 3. The molecule has 0 saturated carbocycles. The number of anilines is 1. The number of rotatable bonds is 6. The van der Waals surface area contributed by atoms with Gasteiger partial charge in [-0.2, -0.15) is 0 Å². The molecule has 2 aromatic carbocycles. The second kappa shape index (κ2) is 10.1. The van der Waals surface area contributed by atoms with E-state index in [-0.39, 0.29) is 36.1 Å². The van der Waals surface area contributed by atoms with Crippen molar-refractivity contribution in [3.8, 4) is 5.75 Å². The summed E-state index contributed by atoms with van der Waals surface area (Å²) in [5.41, 5.74) is 1.08. The van der Waals surface area contributed by atoms with Crippen LogP contribution in [-0.2, 0) is 9.59 Å². The van der Waals surface area contributed by atoms with Gasteiger partial charge in [0.25, 0.3) is 11.8 Å². The summed E-state index contributed by atoms with van der Waals surface area (Å²) in [6.45, 7) is 0.899. The Labute approximate surface area is 180 Å². The molecule has 0 spiro atoms. The van der Waals surface area contributed by atoms with E-state index in [0.29, 0.717) is 42.9 Å². The van der Waals surface area contributed by atoms with Crippen LogP contribution in [0.3, 0.4) is 0 Å². The Hall–Kier alpha value is -3.42. The van der Waals surface area contributed by atoms with Gasteiger partial charge < -0.3 is 19.9 Å². The molecule has 0 unspecified atom stereocenters. The Bertz CT molecular complexity index is 921. The first-order chi connectivity index (χ1) is 14.8. The third-order valence-electron chi connectivity index (χ3n) is 5.23. The van der Waals surface area contributed by atoms with Crippen LogP contribution in [0.1, 0.15) is 23.2 Å². The number of carbonyl (C=O) groups excluding carboxylic acids is 3. The SMILES string of the molecule is CN(C)C(=O)COc1ccc(NC(=O)C2CCN(C(=O)c3ccc(F)cc3)CC2)cc1. The number of hydrogen-bond acceptors (Lipinski definition) is 4. The van der Waals surface area contributed by atoms with Crippen molar-refractivity contribution in [2.75, 3.05) is 39.1 Å². The Kier molecular flexibility index (Phi) is 7.23. The van der Waals surface area contributed by atoms with E-state index in [2.05, 4.69) is 5.32 Å². The van der Waals surface area contributed by atoms with E-state index in [9.17, 15) is 18.8 Å². The molecule has 1 aliphatic heterocycles. The number of amides is 3. The number of benzene rings is 2. The molecule has 0 aromatic heterocycles. The predicted molar refractivity (Wildman–Crippen MR) is 114 cm³/mol. The van der Waals surface area contributed by atoms with E-state index in [1.807, 2.05) is 0 Å². The van der Waals surface area contributed by atoms with E-state index >= 15 is 0 Å². The van der Waals surface area contributed by atoms with Crippen LogP contribution in [0.25, 0.3) is 0 Å². The van der Waals surface area contributed by atoms with Gasteiger partial charge in [0.15, 0.2) is 6.61 Å². The molecular weight excluding hydrogens is 401 g/mol. The monoisotopic (exact) mass is 427 g/mol. The largest absolute Gasteiger partial charge is 0.484 e. The normalized spacial score (nSPS) is 14.1. The van der Waals surface area contributed by atoms with E-state index < -0.39 is 0 Å². The number of nitrogens with one attached hydrogen (secondary N) is 1. The lowest BCUT2D eigenvalue weighted by Crippen LogP contribution is -2.41. The quantitative estimate of drug-likeness (QED) is 0.769. The summed E-state index contributed by atoms with van der Waals surface area (Å²) in [6.07, 6.45) is 1.12. The highest BCUT2D eigenvalue weighted by Crippen LogP contribution is 2.22. The lowest BCUT2D eigenvalue weighted by Gasteiger charge is -2.31. The molecule has 2 aromatic rings. The molecule has 3 amide bonds. The smallest absolute Gasteiger partial charge is 0.259 e. The van der Waals surface area contributed by atoms with Gasteiger partial charge in [0, 0.05) is 44.4 Å². The zero-order valence-electron chi connectivity index (χ0n) is 17.6. The number of ether oxygens (including phenoxy) is 1. The van der Waals surface area contributed by atoms with Gasteiger partial charge in [-0.1, -0.05) is 0 Å². The summed E-state index contributed by atoms with van der Waals surface area (Å²) >= 11 is 0. The number of piperidine rings is 1. The number of likely N-dealkylation sites (tertiary alicyclic amines) is 1. The Morgan fingerprint density at radius 2 is 1.65 bits per heavy atom. The summed E-state index contributed by atoms with van der Waals surface area (Å²) in [7, 11) is 3.32. The molecule has 0 radical (unpaired) electrons. The second-order valence-corrected chi connectivity index (χ2v) is 7.66. The summed E-state index contributed by atoms with van der Waals surface area (Å²) in [5.74, 6) is -0.408. The number of halogens is 1. The highest BCUT2D eigenvalue weighted by atomic mass is 19.1. The summed E-state index contributed by atoms with van der Waals surface area (Å²) < 4.78 is 18.5. The Balaban J connectivity index is 1.47. The molecule has 1 N–H and O–H groups in total. The highest BCUT2D eigenvalue weighted by molar-refractivity contribution is 5.95. The number of likely N-dealkylation sites (N-methyl/N-ethyl adjacent to an activating group) is 1. The Morgan fingerprint density at radius 1 is 1.03 bits per heavy atom. The van der Waals surface area contributed by atoms with Crippen molar-refractivity contribution in [1.29, 1.82) is 0 Å². The van der Waals surface area contributed by atoms with Crippen molar-refractivity contribution >= 4 is 23.4 Å². The molecule has 1 saturated heterocycles. The van der Waals surface area contributed by atoms with Gasteiger partial charge in [-0.15, -0.1) is 0 Å². The van der Waals surface area contributed by atoms with Crippen LogP contribution in [0.5, 0.6) is 5.75 Å². The molecule has 164 valence electrons. The van der Waals surface area contributed by atoms with Gasteiger partial charge in [0.2, 0.25) is 5.91 Å². The van der Waals surface area contributed by atoms with Crippen molar-refractivity contribution in [2.24, 2.45) is 5.92 Å². The zero-order chi connectivity index (χ0) is 22.4. The van der Waals surface area contributed by atoms with Crippen molar-refractivity contribution in [3.63, 3.8) is 0 Å². The molecule has 0 aliphatic carbocycles. The maximum Gasteiger partial charge on any atom is 0.259 e. The van der Waals surface area contributed by atoms with Gasteiger partial charge >= 0.3 is 0 Å². The number of nitrogens with zero attached hydrogens (tertiary/aromatic N) is 2. The van der Waals surface area contributed by atoms with Crippen LogP contribution in [0, 0.1) is 11.7 Å². The maximum atomic E-state index is 13.0. The average Bonchev–Trinajstić information content (AvgIpc) is 2.78. The summed E-state index contributed by atoms with van der Waals surface area (Å²) in [6, 6.07) is 12.3. The third kappa shape index (κ3) is 6.04. The fourth-order valence-electron chi connectivity index (χ4n) is 3.27. The molecule has 1 aliphatic rings. The lowest BCUT2D eigenvalue weighted by molar-refractivity contribution is -0.130. The fourth-order valence-corrected chi connectivity index (χ4v) is 3.27. The molecule has 0 atom stereocenters. The first kappa shape index (κ1) is 22.3. The van der Waals surface area contributed by atoms with Crippen LogP contribution in [0.4, 0.5) is 10.1 Å². The van der Waals surface area contributed by atoms with Crippen LogP contribution in [-0.4, -0.2) is 61.3 Å². The first-order valence-corrected chi connectivity index (χ1v) is 10.1. The van der Waals surface area contributed by atoms with E-state index in [4.69, 9.17) is 4.74 Å². The van der Waals surface area contributed by atoms with Crippen LogP contribution in [0.2, 0.25) is 0 Å². The Morgan fingerprint density at radius 3 is 2.23 bits per heavy atom. The first-order valence-electron chi connectivity index (χ1n) is 10.1. The van der Waals surface area contributed by atoms with E-state index in [1.54, 1.807) is 43.3 Å². The zero-order valence-corrected chi connectivity index (χ0v) is 17.6. The van der Waals surface area contributed by atoms with E-state index in [0.717, 1.165) is 0 Å². The summed E-state index contributed by atoms with van der Waals surface area (Å²) in [4.78, 5) is 39.8. The lowest BCUT2D eigenvalue weighted by atomic mass is 9.95. The molecular formula is C23H26FN3O4. The van der Waals surface area contributed by atoms with Crippen molar-refractivity contribution in [1.82, 2.24) is 9.80 Å². The van der Waals surface area contributed by atoms with Crippen LogP contribution >= 0.6 is 0 Å². The predicted octanol–water partition coefficient (Wildman–Crippen LogP) is 2.78. The van der Waals surface area contributed by atoms with Crippen molar-refractivity contribution in [2.45, 2.75) is 12.8 Å². The average molecular weight is 427 g/mol. The number of hydrogen-bond donors (Lipinski definition) is 1. The topological polar surface area (TPSA) is 79.0 Å². The van der Waals surface area contributed by atoms with Crippen LogP contribution < -0.4 is 10.1 Å². The van der Waals surface area contributed by atoms with Gasteiger partial charge in [-0.05, 0) is 61.4 Å². The van der Waals surface area contributed by atoms with Crippen molar-refractivity contribution < 1.29 is 23.5 Å². The van der Waals surface area contributed by atoms with E-state index in [1.165, 1.54) is 29.2 Å². The molecule has 1 fully saturated rings. The maximum absolute atomic E-state index is 13.0. The van der Waals surface area contributed by atoms with Gasteiger partial charge in [-0.3, -0.25) is 14.4 Å². The fraction of sp³-hybridized carbons (Fsp3) is 0.348. The third-order valence-corrected chi connectivity index (χ3v) is 5.23. The summed E-state index contributed by atoms with van der Waals surface area (Å²) in [5, 5.41) is 2.89. The molecule has 0 bridgehead atoms. The molecule has 1 heterocycles. The molecule has 7 nitrogen and oxygen atoms in total. The highest BCUT2D eigenvalue weighted by Gasteiger charge is 2.28. The second-order valence-electron chi connectivity index (χ2n) is 7.66. The molecule has 31 heavy (non-hydrogen) atoms. The standard InChI is InChI=1S/C23H26FN3O4/c1-26(2)21(28)15-31-20-9-7-19(8-10-20)25-22(29)16-11-13-27(14-12-16)23(30)17-3-5-18(24)6-4-17/h3-10,16H,11-15H2,1-2H3,(H,25,29). The molecule has 3 rings (SSSR count). The molecule has 8 heteroatoms. The van der Waals surface area contributed by atoms with Gasteiger partial charge in [-0.25, -0.2) is 4.39 Å². The minimum absolute atomic E-state index is 0.0477. The van der Waals surface area contributed by atoms with Crippen LogP contribution in [0.15, 0.2) is 48.5 Å². The van der Waals surface area contributed by atoms with Gasteiger partial charge in [0.05, 0.1) is 0 Å². The minimum Gasteiger partial charge on any atom is -0.484 e.